The standard InChI is InChI=1S/C20H25N5O2S/c1-28-16-4-2-14(3-5-16)23-18(26)13-25-12-15(11-22-25)24-19(27)17-10-20(17)6-8-21-9-7-20/h2-5,11-12,17,21H,6-10,13H2,1H3,(H,23,26)(H,24,27). The maximum absolute atomic E-state index is 12.5. The highest BCUT2D eigenvalue weighted by Gasteiger charge is 2.57. The van der Waals surface area contributed by atoms with Crippen LogP contribution in [-0.2, 0) is 16.1 Å². The molecule has 148 valence electrons. The molecule has 2 fully saturated rings. The van der Waals surface area contributed by atoms with Gasteiger partial charge in [0.1, 0.15) is 6.54 Å². The van der Waals surface area contributed by atoms with Gasteiger partial charge in [-0.1, -0.05) is 0 Å². The summed E-state index contributed by atoms with van der Waals surface area (Å²) in [4.78, 5) is 25.9. The number of hydrogen-bond acceptors (Lipinski definition) is 5. The molecule has 3 N–H and O–H groups in total. The van der Waals surface area contributed by atoms with Gasteiger partial charge in [-0.2, -0.15) is 5.10 Å². The van der Waals surface area contributed by atoms with Crippen molar-refractivity contribution in [3.05, 3.63) is 36.7 Å². The van der Waals surface area contributed by atoms with E-state index in [1.165, 1.54) is 4.68 Å². The molecule has 0 radical (unpaired) electrons. The van der Waals surface area contributed by atoms with Gasteiger partial charge in [0, 0.05) is 22.7 Å². The van der Waals surface area contributed by atoms with Crippen LogP contribution in [0.2, 0.25) is 0 Å². The summed E-state index contributed by atoms with van der Waals surface area (Å²) >= 11 is 1.66. The normalized spacial score (nSPS) is 20.0. The van der Waals surface area contributed by atoms with Crippen molar-refractivity contribution in [2.75, 3.05) is 30.0 Å². The molecule has 4 rings (SSSR count). The maximum atomic E-state index is 12.5. The molecule has 1 atom stereocenters. The largest absolute Gasteiger partial charge is 0.324 e. The van der Waals surface area contributed by atoms with Gasteiger partial charge in [-0.15, -0.1) is 11.8 Å². The molecule has 2 amide bonds. The van der Waals surface area contributed by atoms with E-state index in [0.717, 1.165) is 42.9 Å². The molecule has 1 saturated heterocycles. The molecule has 2 aliphatic rings. The molecule has 7 nitrogen and oxygen atoms in total. The number of carbonyl (C=O) groups is 2. The number of nitrogens with one attached hydrogen (secondary N) is 3. The minimum absolute atomic E-state index is 0.0692. The third-order valence-electron chi connectivity index (χ3n) is 5.69. The SMILES string of the molecule is CSc1ccc(NC(=O)Cn2cc(NC(=O)C3CC34CCNCC4)cn2)cc1. The van der Waals surface area contributed by atoms with Crippen molar-refractivity contribution in [3.8, 4) is 0 Å². The molecule has 1 spiro atoms. The van der Waals surface area contributed by atoms with Gasteiger partial charge in [-0.3, -0.25) is 14.3 Å². The predicted octanol–water partition coefficient (Wildman–Crippen LogP) is 2.57. The average Bonchev–Trinajstić information content (AvgIpc) is 3.21. The second kappa shape index (κ2) is 7.97. The van der Waals surface area contributed by atoms with E-state index in [1.807, 2.05) is 30.5 Å². The Kier molecular flexibility index (Phi) is 5.41. The first-order valence-corrected chi connectivity index (χ1v) is 10.8. The Hall–Kier alpha value is -2.32. The van der Waals surface area contributed by atoms with Crippen molar-refractivity contribution in [2.45, 2.75) is 30.7 Å². The zero-order valence-electron chi connectivity index (χ0n) is 15.9. The Bertz CT molecular complexity index is 858. The second-order valence-corrected chi connectivity index (χ2v) is 8.44. The van der Waals surface area contributed by atoms with E-state index in [-0.39, 0.29) is 29.7 Å². The zero-order chi connectivity index (χ0) is 19.6. The Morgan fingerprint density at radius 1 is 1.21 bits per heavy atom. The van der Waals surface area contributed by atoms with Gasteiger partial charge in [0.25, 0.3) is 0 Å². The first-order valence-electron chi connectivity index (χ1n) is 9.56. The second-order valence-electron chi connectivity index (χ2n) is 7.56. The van der Waals surface area contributed by atoms with Gasteiger partial charge in [-0.25, -0.2) is 0 Å². The lowest BCUT2D eigenvalue weighted by molar-refractivity contribution is -0.118. The number of benzene rings is 1. The lowest BCUT2D eigenvalue weighted by Crippen LogP contribution is -2.31. The highest BCUT2D eigenvalue weighted by molar-refractivity contribution is 7.98. The molecule has 2 aromatic rings. The number of anilines is 2. The number of nitrogens with zero attached hydrogens (tertiary/aromatic N) is 2. The highest BCUT2D eigenvalue weighted by Crippen LogP contribution is 2.58. The van der Waals surface area contributed by atoms with Gasteiger partial charge >= 0.3 is 0 Å². The molecule has 1 saturated carbocycles. The van der Waals surface area contributed by atoms with Gasteiger partial charge in [0.05, 0.1) is 11.9 Å². The van der Waals surface area contributed by atoms with Crippen LogP contribution in [0.1, 0.15) is 19.3 Å². The van der Waals surface area contributed by atoms with Crippen LogP contribution < -0.4 is 16.0 Å². The van der Waals surface area contributed by atoms with Gasteiger partial charge in [0.15, 0.2) is 0 Å². The lowest BCUT2D eigenvalue weighted by Gasteiger charge is -2.23. The molecular formula is C20H25N5O2S. The summed E-state index contributed by atoms with van der Waals surface area (Å²) < 4.78 is 1.54. The van der Waals surface area contributed by atoms with Crippen LogP contribution in [0.3, 0.4) is 0 Å². The smallest absolute Gasteiger partial charge is 0.246 e. The summed E-state index contributed by atoms with van der Waals surface area (Å²) in [5, 5.41) is 13.4. The van der Waals surface area contributed by atoms with Crippen LogP contribution in [-0.4, -0.2) is 40.9 Å². The molecule has 8 heteroatoms. The lowest BCUT2D eigenvalue weighted by atomic mass is 9.92. The topological polar surface area (TPSA) is 88.0 Å². The van der Waals surface area contributed by atoms with E-state index in [2.05, 4.69) is 21.0 Å². The maximum Gasteiger partial charge on any atom is 0.246 e. The van der Waals surface area contributed by atoms with Crippen molar-refractivity contribution < 1.29 is 9.59 Å². The van der Waals surface area contributed by atoms with E-state index >= 15 is 0 Å². The number of amides is 2. The first-order chi connectivity index (χ1) is 13.6. The number of rotatable bonds is 6. The Labute approximate surface area is 168 Å². The summed E-state index contributed by atoms with van der Waals surface area (Å²) in [7, 11) is 0. The van der Waals surface area contributed by atoms with E-state index in [4.69, 9.17) is 0 Å². The molecule has 0 bridgehead atoms. The van der Waals surface area contributed by atoms with Crippen LogP contribution in [0.15, 0.2) is 41.6 Å². The van der Waals surface area contributed by atoms with Crippen molar-refractivity contribution in [1.29, 1.82) is 0 Å². The fraction of sp³-hybridized carbons (Fsp3) is 0.450. The Morgan fingerprint density at radius 3 is 2.68 bits per heavy atom. The first kappa shape index (κ1) is 19.0. The van der Waals surface area contributed by atoms with Crippen molar-refractivity contribution >= 4 is 35.0 Å². The molecular weight excluding hydrogens is 374 g/mol. The Balaban J connectivity index is 1.28. The number of piperidine rings is 1. The van der Waals surface area contributed by atoms with Gasteiger partial charge in [-0.05, 0) is 68.3 Å². The highest BCUT2D eigenvalue weighted by atomic mass is 32.2. The minimum atomic E-state index is -0.159. The van der Waals surface area contributed by atoms with E-state index < -0.39 is 0 Å². The molecule has 1 aliphatic heterocycles. The van der Waals surface area contributed by atoms with Crippen LogP contribution >= 0.6 is 11.8 Å². The quantitative estimate of drug-likeness (QED) is 0.650. The molecule has 1 unspecified atom stereocenters. The fourth-order valence-electron chi connectivity index (χ4n) is 3.96. The van der Waals surface area contributed by atoms with Crippen molar-refractivity contribution in [1.82, 2.24) is 15.1 Å². The van der Waals surface area contributed by atoms with E-state index in [9.17, 15) is 9.59 Å². The monoisotopic (exact) mass is 399 g/mol. The van der Waals surface area contributed by atoms with E-state index in [0.29, 0.717) is 5.69 Å². The molecule has 1 aromatic carbocycles. The third kappa shape index (κ3) is 4.23. The molecule has 28 heavy (non-hydrogen) atoms. The third-order valence-corrected chi connectivity index (χ3v) is 6.43. The number of hydrogen-bond donors (Lipinski definition) is 3. The van der Waals surface area contributed by atoms with E-state index in [1.54, 1.807) is 24.2 Å². The van der Waals surface area contributed by atoms with Crippen LogP contribution in [0, 0.1) is 11.3 Å². The van der Waals surface area contributed by atoms with Crippen molar-refractivity contribution in [2.24, 2.45) is 11.3 Å². The number of thioether (sulfide) groups is 1. The summed E-state index contributed by atoms with van der Waals surface area (Å²) in [6, 6.07) is 7.69. The summed E-state index contributed by atoms with van der Waals surface area (Å²) in [5.41, 5.74) is 1.60. The fourth-order valence-corrected chi connectivity index (χ4v) is 4.37. The summed E-state index contributed by atoms with van der Waals surface area (Å²) in [5.74, 6) is 0.0130. The average molecular weight is 400 g/mol. The molecule has 1 aliphatic carbocycles. The Morgan fingerprint density at radius 2 is 1.96 bits per heavy atom. The minimum Gasteiger partial charge on any atom is -0.324 e. The van der Waals surface area contributed by atoms with Crippen LogP contribution in [0.4, 0.5) is 11.4 Å². The number of aromatic nitrogens is 2. The summed E-state index contributed by atoms with van der Waals surface area (Å²) in [6.07, 6.45) is 8.43. The van der Waals surface area contributed by atoms with Gasteiger partial charge < -0.3 is 16.0 Å². The van der Waals surface area contributed by atoms with Crippen LogP contribution in [0.5, 0.6) is 0 Å². The molecule has 2 heterocycles. The number of carbonyl (C=O) groups excluding carboxylic acids is 2. The zero-order valence-corrected chi connectivity index (χ0v) is 16.7. The summed E-state index contributed by atoms with van der Waals surface area (Å²) in [6.45, 7) is 2.09. The van der Waals surface area contributed by atoms with Gasteiger partial charge in [0.2, 0.25) is 11.8 Å². The van der Waals surface area contributed by atoms with Crippen LogP contribution in [0.25, 0.3) is 0 Å². The predicted molar refractivity (Wildman–Crippen MR) is 110 cm³/mol. The molecule has 1 aromatic heterocycles. The van der Waals surface area contributed by atoms with Crippen molar-refractivity contribution in [3.63, 3.8) is 0 Å².